The third kappa shape index (κ3) is 4.38. The van der Waals surface area contributed by atoms with Crippen molar-refractivity contribution >= 4 is 34.8 Å². The van der Waals surface area contributed by atoms with E-state index in [9.17, 15) is 32.7 Å². The molecule has 0 radical (unpaired) electrons. The molecule has 0 aliphatic carbocycles. The van der Waals surface area contributed by atoms with Crippen molar-refractivity contribution in [2.24, 2.45) is 0 Å². The molecule has 3 aromatic heterocycles. The maximum Gasteiger partial charge on any atom is 0.417 e. The fourth-order valence-electron chi connectivity index (χ4n) is 4.35. The molecule has 1 fully saturated rings. The lowest BCUT2D eigenvalue weighted by atomic mass is 10.2. The number of amides is 2. The van der Waals surface area contributed by atoms with Crippen LogP contribution >= 0.6 is 0 Å². The standard InChI is InChI=1S/C23H19F3N8O4/c24-23(25,26)13-3-6-16(28-9-13)31-20(35)12-1-4-14(5-2-12)33-17-18(27)29-11-30-19(17)34(21(33)36)15-7-8-32(10-15)22(37)38/h1-6,9,11,15H,7-8,10H2,(H,37,38)(H2,27,29,30)(H,28,31,35). The number of nitrogens with zero attached hydrogens (tertiary/aromatic N) is 6. The van der Waals surface area contributed by atoms with E-state index in [0.29, 0.717) is 18.3 Å². The van der Waals surface area contributed by atoms with Gasteiger partial charge >= 0.3 is 18.0 Å². The van der Waals surface area contributed by atoms with Gasteiger partial charge < -0.3 is 21.1 Å². The van der Waals surface area contributed by atoms with Gasteiger partial charge in [0.1, 0.15) is 17.7 Å². The van der Waals surface area contributed by atoms with Gasteiger partial charge in [0.25, 0.3) is 5.91 Å². The lowest BCUT2D eigenvalue weighted by molar-refractivity contribution is -0.137. The van der Waals surface area contributed by atoms with E-state index < -0.39 is 35.5 Å². The van der Waals surface area contributed by atoms with Crippen LogP contribution in [0.5, 0.6) is 0 Å². The molecule has 4 aromatic rings. The van der Waals surface area contributed by atoms with Crippen molar-refractivity contribution in [3.63, 3.8) is 0 Å². The molecule has 1 aliphatic heterocycles. The van der Waals surface area contributed by atoms with Gasteiger partial charge in [0.2, 0.25) is 0 Å². The number of hydrogen-bond donors (Lipinski definition) is 3. The largest absolute Gasteiger partial charge is 0.465 e. The zero-order valence-electron chi connectivity index (χ0n) is 19.4. The molecule has 1 aromatic carbocycles. The smallest absolute Gasteiger partial charge is 0.417 e. The fraction of sp³-hybridized carbons (Fsp3) is 0.217. The van der Waals surface area contributed by atoms with E-state index in [4.69, 9.17) is 5.73 Å². The number of fused-ring (bicyclic) bond motifs is 1. The number of halogens is 3. The van der Waals surface area contributed by atoms with Crippen LogP contribution < -0.4 is 16.7 Å². The minimum Gasteiger partial charge on any atom is -0.465 e. The fourth-order valence-corrected chi connectivity index (χ4v) is 4.35. The Bertz CT molecular complexity index is 1600. The summed E-state index contributed by atoms with van der Waals surface area (Å²) >= 11 is 0. The minimum absolute atomic E-state index is 0.0362. The monoisotopic (exact) mass is 528 g/mol. The molecule has 4 heterocycles. The molecular formula is C23H19F3N8O4. The Morgan fingerprint density at radius 3 is 2.42 bits per heavy atom. The Labute approximate surface area is 211 Å². The summed E-state index contributed by atoms with van der Waals surface area (Å²) in [6.45, 7) is 0.368. The molecule has 12 nitrogen and oxygen atoms in total. The van der Waals surface area contributed by atoms with E-state index in [1.807, 2.05) is 0 Å². The molecule has 38 heavy (non-hydrogen) atoms. The Balaban J connectivity index is 1.45. The first-order valence-corrected chi connectivity index (χ1v) is 11.2. The maximum absolute atomic E-state index is 13.5. The lowest BCUT2D eigenvalue weighted by Crippen LogP contribution is -2.31. The second-order valence-corrected chi connectivity index (χ2v) is 8.52. The minimum atomic E-state index is -4.55. The number of nitrogen functional groups attached to an aromatic ring is 1. The number of anilines is 2. The number of aromatic nitrogens is 5. The summed E-state index contributed by atoms with van der Waals surface area (Å²) in [5.41, 5.74) is 5.62. The van der Waals surface area contributed by atoms with Gasteiger partial charge in [0, 0.05) is 24.8 Å². The summed E-state index contributed by atoms with van der Waals surface area (Å²) < 4.78 is 40.8. The Morgan fingerprint density at radius 1 is 1.08 bits per heavy atom. The zero-order valence-corrected chi connectivity index (χ0v) is 19.4. The van der Waals surface area contributed by atoms with Crippen molar-refractivity contribution in [3.8, 4) is 5.69 Å². The normalized spacial score (nSPS) is 15.7. The number of pyridine rings is 1. The van der Waals surface area contributed by atoms with Crippen LogP contribution in [0.25, 0.3) is 16.9 Å². The van der Waals surface area contributed by atoms with Crippen molar-refractivity contribution in [1.29, 1.82) is 0 Å². The number of nitrogens with two attached hydrogens (primary N) is 1. The van der Waals surface area contributed by atoms with Gasteiger partial charge in [-0.1, -0.05) is 0 Å². The molecule has 1 saturated heterocycles. The van der Waals surface area contributed by atoms with Gasteiger partial charge in [-0.2, -0.15) is 13.2 Å². The number of likely N-dealkylation sites (tertiary alicyclic amines) is 1. The summed E-state index contributed by atoms with van der Waals surface area (Å²) in [5, 5.41) is 11.7. The molecule has 2 amide bonds. The van der Waals surface area contributed by atoms with Crippen molar-refractivity contribution in [2.75, 3.05) is 24.1 Å². The highest BCUT2D eigenvalue weighted by molar-refractivity contribution is 6.03. The second kappa shape index (κ2) is 9.17. The second-order valence-electron chi connectivity index (χ2n) is 8.52. The van der Waals surface area contributed by atoms with Gasteiger partial charge in [-0.25, -0.2) is 24.5 Å². The average molecular weight is 528 g/mol. The van der Waals surface area contributed by atoms with Gasteiger partial charge in [-0.3, -0.25) is 13.9 Å². The third-order valence-electron chi connectivity index (χ3n) is 6.20. The highest BCUT2D eigenvalue weighted by Gasteiger charge is 2.32. The zero-order chi connectivity index (χ0) is 27.2. The molecule has 1 unspecified atom stereocenters. The summed E-state index contributed by atoms with van der Waals surface area (Å²) in [6, 6.07) is 7.22. The molecule has 0 spiro atoms. The Morgan fingerprint density at radius 2 is 1.82 bits per heavy atom. The van der Waals surface area contributed by atoms with Crippen LogP contribution in [-0.4, -0.2) is 59.2 Å². The van der Waals surface area contributed by atoms with Crippen molar-refractivity contribution in [2.45, 2.75) is 18.6 Å². The van der Waals surface area contributed by atoms with Gasteiger partial charge in [0.15, 0.2) is 11.5 Å². The summed E-state index contributed by atoms with van der Waals surface area (Å²) in [5.74, 6) is -0.654. The van der Waals surface area contributed by atoms with Crippen LogP contribution in [0.15, 0.2) is 53.7 Å². The predicted molar refractivity (Wildman–Crippen MR) is 128 cm³/mol. The number of nitrogens with one attached hydrogen (secondary N) is 1. The molecule has 4 N–H and O–H groups in total. The highest BCUT2D eigenvalue weighted by atomic mass is 19.4. The van der Waals surface area contributed by atoms with Gasteiger partial charge in [0.05, 0.1) is 17.3 Å². The van der Waals surface area contributed by atoms with Crippen LogP contribution in [0.1, 0.15) is 28.4 Å². The quantitative estimate of drug-likeness (QED) is 0.364. The van der Waals surface area contributed by atoms with Crippen LogP contribution in [0.3, 0.4) is 0 Å². The molecule has 0 bridgehead atoms. The Hall–Kier alpha value is -4.95. The molecule has 0 saturated carbocycles. The van der Waals surface area contributed by atoms with Crippen LogP contribution in [0.2, 0.25) is 0 Å². The lowest BCUT2D eigenvalue weighted by Gasteiger charge is -2.13. The van der Waals surface area contributed by atoms with Crippen molar-refractivity contribution in [3.05, 3.63) is 70.5 Å². The van der Waals surface area contributed by atoms with E-state index >= 15 is 0 Å². The number of carbonyl (C=O) groups excluding carboxylic acids is 1. The number of imidazole rings is 1. The summed E-state index contributed by atoms with van der Waals surface area (Å²) in [6.07, 6.45) is -3.39. The molecule has 1 atom stereocenters. The van der Waals surface area contributed by atoms with Crippen molar-refractivity contribution in [1.82, 2.24) is 29.0 Å². The highest BCUT2D eigenvalue weighted by Crippen LogP contribution is 2.29. The van der Waals surface area contributed by atoms with Gasteiger partial charge in [-0.05, 0) is 42.8 Å². The van der Waals surface area contributed by atoms with E-state index in [1.165, 1.54) is 44.6 Å². The number of carbonyl (C=O) groups is 2. The maximum atomic E-state index is 13.5. The number of carboxylic acid groups (broad SMARTS) is 1. The number of alkyl halides is 3. The van der Waals surface area contributed by atoms with E-state index in [1.54, 1.807) is 0 Å². The first kappa shape index (κ1) is 24.7. The third-order valence-corrected chi connectivity index (χ3v) is 6.20. The Kier molecular flexibility index (Phi) is 5.97. The van der Waals surface area contributed by atoms with Crippen LogP contribution in [-0.2, 0) is 6.18 Å². The number of hydrogen-bond acceptors (Lipinski definition) is 7. The SMILES string of the molecule is Nc1ncnc2c1n(-c1ccc(C(=O)Nc3ccc(C(F)(F)F)cn3)cc1)c(=O)n2C1CCN(C(=O)O)C1. The predicted octanol–water partition coefficient (Wildman–Crippen LogP) is 2.76. The molecule has 1 aliphatic rings. The summed E-state index contributed by atoms with van der Waals surface area (Å²) in [7, 11) is 0. The molecular weight excluding hydrogens is 509 g/mol. The number of benzene rings is 1. The first-order chi connectivity index (χ1) is 18.0. The molecule has 15 heteroatoms. The van der Waals surface area contributed by atoms with Crippen LogP contribution in [0, 0.1) is 0 Å². The van der Waals surface area contributed by atoms with Gasteiger partial charge in [-0.15, -0.1) is 0 Å². The van der Waals surface area contributed by atoms with Crippen LogP contribution in [0.4, 0.5) is 29.6 Å². The van der Waals surface area contributed by atoms with E-state index in [0.717, 1.165) is 12.1 Å². The van der Waals surface area contributed by atoms with Crippen molar-refractivity contribution < 1.29 is 27.9 Å². The first-order valence-electron chi connectivity index (χ1n) is 11.2. The summed E-state index contributed by atoms with van der Waals surface area (Å²) in [4.78, 5) is 50.5. The number of rotatable bonds is 4. The average Bonchev–Trinajstić information content (AvgIpc) is 3.47. The van der Waals surface area contributed by atoms with E-state index in [-0.39, 0.29) is 41.5 Å². The topological polar surface area (TPSA) is 161 Å². The molecule has 196 valence electrons. The molecule has 5 rings (SSSR count). The van der Waals surface area contributed by atoms with E-state index in [2.05, 4.69) is 20.3 Å².